The number of ether oxygens (including phenoxy) is 1. The van der Waals surface area contributed by atoms with E-state index in [-0.39, 0.29) is 10.8 Å². The Hall–Kier alpha value is -1.94. The molecule has 0 spiro atoms. The fourth-order valence-electron chi connectivity index (χ4n) is 3.11. The summed E-state index contributed by atoms with van der Waals surface area (Å²) in [6.07, 6.45) is 0. The summed E-state index contributed by atoms with van der Waals surface area (Å²) in [7, 11) is -1.93. The van der Waals surface area contributed by atoms with Crippen molar-refractivity contribution in [3.8, 4) is 5.75 Å². The van der Waals surface area contributed by atoms with E-state index in [0.717, 1.165) is 9.37 Å². The molecule has 0 bridgehead atoms. The molecule has 2 N–H and O–H groups in total. The van der Waals surface area contributed by atoms with Crippen LogP contribution in [0.25, 0.3) is 0 Å². The highest BCUT2D eigenvalue weighted by molar-refractivity contribution is 9.10. The third-order valence-corrected chi connectivity index (χ3v) is 7.09. The van der Waals surface area contributed by atoms with Gasteiger partial charge in [-0.05, 0) is 36.4 Å². The number of carbonyl (C=O) groups excluding carboxylic acids is 1. The number of piperazine rings is 1. The van der Waals surface area contributed by atoms with Crippen molar-refractivity contribution in [2.75, 3.05) is 45.2 Å². The largest absolute Gasteiger partial charge is 0.497 e. The molecule has 0 radical (unpaired) electrons. The van der Waals surface area contributed by atoms with Gasteiger partial charge in [0.15, 0.2) is 6.54 Å². The Kier molecular flexibility index (Phi) is 6.71. The van der Waals surface area contributed by atoms with Crippen molar-refractivity contribution in [2.45, 2.75) is 4.90 Å². The lowest BCUT2D eigenvalue weighted by Crippen LogP contribution is -3.15. The molecular weight excluding hydrogens is 446 g/mol. The van der Waals surface area contributed by atoms with Gasteiger partial charge >= 0.3 is 0 Å². The maximum absolute atomic E-state index is 12.7. The maximum Gasteiger partial charge on any atom is 0.279 e. The summed E-state index contributed by atoms with van der Waals surface area (Å²) in [6.45, 7) is 2.24. The minimum atomic E-state index is -3.50. The number of halogens is 1. The molecule has 0 aliphatic carbocycles. The number of quaternary nitrogens is 1. The Morgan fingerprint density at radius 2 is 1.86 bits per heavy atom. The van der Waals surface area contributed by atoms with E-state index in [4.69, 9.17) is 4.74 Å². The average molecular weight is 469 g/mol. The van der Waals surface area contributed by atoms with Crippen LogP contribution in [-0.2, 0) is 14.8 Å². The van der Waals surface area contributed by atoms with Crippen molar-refractivity contribution in [1.29, 1.82) is 0 Å². The predicted octanol–water partition coefficient (Wildman–Crippen LogP) is 0.986. The first-order valence-corrected chi connectivity index (χ1v) is 11.1. The first-order valence-electron chi connectivity index (χ1n) is 8.91. The van der Waals surface area contributed by atoms with Crippen LogP contribution in [0.5, 0.6) is 5.75 Å². The summed E-state index contributed by atoms with van der Waals surface area (Å²) in [4.78, 5) is 13.6. The SMILES string of the molecule is COc1cccc(NC(=O)C[NH+]2CCN(S(=O)(=O)c3ccc(Br)cc3)CC2)c1. The molecule has 0 unspecified atom stereocenters. The van der Waals surface area contributed by atoms with Crippen molar-refractivity contribution in [1.82, 2.24) is 4.31 Å². The molecule has 2 aromatic rings. The lowest BCUT2D eigenvalue weighted by molar-refractivity contribution is -0.895. The summed E-state index contributed by atoms with van der Waals surface area (Å²) < 4.78 is 33.0. The van der Waals surface area contributed by atoms with Gasteiger partial charge in [0, 0.05) is 16.2 Å². The second-order valence-electron chi connectivity index (χ2n) is 6.56. The van der Waals surface area contributed by atoms with Gasteiger partial charge in [-0.15, -0.1) is 0 Å². The van der Waals surface area contributed by atoms with Gasteiger partial charge in [-0.3, -0.25) is 4.79 Å². The van der Waals surface area contributed by atoms with Gasteiger partial charge in [0.2, 0.25) is 10.0 Å². The number of carbonyl (C=O) groups is 1. The van der Waals surface area contributed by atoms with Gasteiger partial charge in [-0.2, -0.15) is 4.31 Å². The van der Waals surface area contributed by atoms with E-state index in [9.17, 15) is 13.2 Å². The van der Waals surface area contributed by atoms with Crippen LogP contribution in [0, 0.1) is 0 Å². The number of amides is 1. The summed E-state index contributed by atoms with van der Waals surface area (Å²) >= 11 is 3.31. The van der Waals surface area contributed by atoms with E-state index < -0.39 is 10.0 Å². The van der Waals surface area contributed by atoms with E-state index in [1.54, 1.807) is 43.5 Å². The van der Waals surface area contributed by atoms with E-state index >= 15 is 0 Å². The van der Waals surface area contributed by atoms with Crippen molar-refractivity contribution in [3.05, 3.63) is 53.0 Å². The van der Waals surface area contributed by atoms with E-state index in [1.807, 2.05) is 12.1 Å². The van der Waals surface area contributed by atoms with Crippen molar-refractivity contribution in [3.63, 3.8) is 0 Å². The molecule has 0 saturated carbocycles. The van der Waals surface area contributed by atoms with E-state index in [2.05, 4.69) is 21.2 Å². The van der Waals surface area contributed by atoms with Crippen molar-refractivity contribution >= 4 is 37.5 Å². The fourth-order valence-corrected chi connectivity index (χ4v) is 4.81. The van der Waals surface area contributed by atoms with Gasteiger partial charge in [0.1, 0.15) is 5.75 Å². The van der Waals surface area contributed by atoms with Crippen LogP contribution in [0.1, 0.15) is 0 Å². The Morgan fingerprint density at radius 1 is 1.18 bits per heavy atom. The molecule has 3 rings (SSSR count). The molecule has 1 saturated heterocycles. The molecule has 1 heterocycles. The summed E-state index contributed by atoms with van der Waals surface area (Å²) in [6, 6.07) is 13.8. The standard InChI is InChI=1S/C19H22BrN3O4S/c1-27-17-4-2-3-16(13-17)21-19(24)14-22-9-11-23(12-10-22)28(25,26)18-7-5-15(20)6-8-18/h2-8,13H,9-12,14H2,1H3,(H,21,24)/p+1. The van der Waals surface area contributed by atoms with Crippen LogP contribution in [0.3, 0.4) is 0 Å². The highest BCUT2D eigenvalue weighted by Gasteiger charge is 2.31. The smallest absolute Gasteiger partial charge is 0.279 e. The van der Waals surface area contributed by atoms with Crippen molar-refractivity contribution in [2.24, 2.45) is 0 Å². The van der Waals surface area contributed by atoms with Crippen LogP contribution in [0.2, 0.25) is 0 Å². The number of anilines is 1. The summed E-state index contributed by atoms with van der Waals surface area (Å²) in [5.41, 5.74) is 0.681. The topological polar surface area (TPSA) is 80.2 Å². The average Bonchev–Trinajstić information content (AvgIpc) is 2.69. The number of hydrogen-bond donors (Lipinski definition) is 2. The zero-order valence-electron chi connectivity index (χ0n) is 15.5. The van der Waals surface area contributed by atoms with Gasteiger partial charge in [0.25, 0.3) is 5.91 Å². The summed E-state index contributed by atoms with van der Waals surface area (Å²) in [5.74, 6) is 0.573. The minimum Gasteiger partial charge on any atom is -0.497 e. The summed E-state index contributed by atoms with van der Waals surface area (Å²) in [5, 5.41) is 2.86. The number of rotatable bonds is 6. The molecule has 1 fully saturated rings. The van der Waals surface area contributed by atoms with Crippen LogP contribution < -0.4 is 15.0 Å². The number of benzene rings is 2. The van der Waals surface area contributed by atoms with E-state index in [0.29, 0.717) is 44.2 Å². The molecule has 1 aliphatic heterocycles. The molecular formula is C19H23BrN3O4S+. The number of nitrogens with one attached hydrogen (secondary N) is 2. The van der Waals surface area contributed by atoms with Crippen molar-refractivity contribution < 1.29 is 22.8 Å². The van der Waals surface area contributed by atoms with Crippen LogP contribution in [0.4, 0.5) is 5.69 Å². The Bertz CT molecular complexity index is 926. The Labute approximate surface area is 173 Å². The first-order chi connectivity index (χ1) is 13.4. The molecule has 0 atom stereocenters. The van der Waals surface area contributed by atoms with E-state index in [1.165, 1.54) is 4.31 Å². The highest BCUT2D eigenvalue weighted by atomic mass is 79.9. The van der Waals surface area contributed by atoms with Gasteiger partial charge in [-0.25, -0.2) is 8.42 Å². The molecule has 9 heteroatoms. The number of hydrogen-bond acceptors (Lipinski definition) is 4. The first kappa shape index (κ1) is 20.8. The quantitative estimate of drug-likeness (QED) is 0.662. The molecule has 7 nitrogen and oxygen atoms in total. The maximum atomic E-state index is 12.7. The third kappa shape index (κ3) is 5.11. The normalized spacial score (nSPS) is 15.9. The lowest BCUT2D eigenvalue weighted by Gasteiger charge is -2.31. The third-order valence-electron chi connectivity index (χ3n) is 4.64. The molecule has 0 aromatic heterocycles. The highest BCUT2D eigenvalue weighted by Crippen LogP contribution is 2.19. The van der Waals surface area contributed by atoms with Crippen LogP contribution in [-0.4, -0.2) is 58.5 Å². The Balaban J connectivity index is 1.53. The molecule has 1 amide bonds. The monoisotopic (exact) mass is 468 g/mol. The number of nitrogens with zero attached hydrogens (tertiary/aromatic N) is 1. The minimum absolute atomic E-state index is 0.104. The predicted molar refractivity (Wildman–Crippen MR) is 110 cm³/mol. The number of methoxy groups -OCH3 is 1. The second-order valence-corrected chi connectivity index (χ2v) is 9.42. The van der Waals surface area contributed by atoms with Crippen LogP contribution in [0.15, 0.2) is 57.9 Å². The molecule has 2 aromatic carbocycles. The molecule has 28 heavy (non-hydrogen) atoms. The van der Waals surface area contributed by atoms with Gasteiger partial charge in [0.05, 0.1) is 38.2 Å². The van der Waals surface area contributed by atoms with Gasteiger partial charge < -0.3 is 15.0 Å². The molecule has 1 aliphatic rings. The number of sulfonamides is 1. The Morgan fingerprint density at radius 3 is 2.50 bits per heavy atom. The second kappa shape index (κ2) is 9.04. The van der Waals surface area contributed by atoms with Gasteiger partial charge in [-0.1, -0.05) is 22.0 Å². The zero-order chi connectivity index (χ0) is 20.1. The van der Waals surface area contributed by atoms with Crippen LogP contribution >= 0.6 is 15.9 Å². The lowest BCUT2D eigenvalue weighted by atomic mass is 10.3. The molecule has 150 valence electrons. The zero-order valence-corrected chi connectivity index (χ0v) is 17.9. The fraction of sp³-hybridized carbons (Fsp3) is 0.316.